The number of carboxylic acids is 1. The minimum Gasteiger partial charge on any atom is -0.480 e. The minimum absolute atomic E-state index is 0.0375. The van der Waals surface area contributed by atoms with E-state index in [0.29, 0.717) is 11.8 Å². The number of hydrogen-bond donors (Lipinski definition) is 2. The highest BCUT2D eigenvalue weighted by molar-refractivity contribution is 5.80. The molecule has 0 aromatic heterocycles. The molecule has 0 heterocycles. The van der Waals surface area contributed by atoms with Crippen LogP contribution in [0.4, 0.5) is 4.79 Å². The van der Waals surface area contributed by atoms with Gasteiger partial charge in [0.05, 0.1) is 0 Å². The molecule has 2 aliphatic carbocycles. The van der Waals surface area contributed by atoms with E-state index in [1.807, 2.05) is 30.3 Å². The third-order valence-corrected chi connectivity index (χ3v) is 4.50. The molecular weight excluding hydrogens is 270 g/mol. The highest BCUT2D eigenvalue weighted by Gasteiger charge is 2.49. The zero-order valence-electron chi connectivity index (χ0n) is 11.7. The van der Waals surface area contributed by atoms with E-state index in [0.717, 1.165) is 18.4 Å². The maximum absolute atomic E-state index is 11.8. The Morgan fingerprint density at radius 3 is 2.48 bits per heavy atom. The van der Waals surface area contributed by atoms with E-state index in [2.05, 4.69) is 5.32 Å². The number of amides is 1. The van der Waals surface area contributed by atoms with Gasteiger partial charge < -0.3 is 15.2 Å². The number of carbonyl (C=O) groups excluding carboxylic acids is 1. The largest absolute Gasteiger partial charge is 0.480 e. The number of ether oxygens (including phenoxy) is 1. The zero-order valence-corrected chi connectivity index (χ0v) is 11.7. The van der Waals surface area contributed by atoms with Gasteiger partial charge in [0.25, 0.3) is 0 Å². The quantitative estimate of drug-likeness (QED) is 0.872. The second kappa shape index (κ2) is 5.76. The monoisotopic (exact) mass is 289 g/mol. The van der Waals surface area contributed by atoms with Gasteiger partial charge in [-0.1, -0.05) is 30.3 Å². The summed E-state index contributed by atoms with van der Waals surface area (Å²) < 4.78 is 5.09. The number of carboxylic acid groups (broad SMARTS) is 1. The van der Waals surface area contributed by atoms with Gasteiger partial charge in [0.2, 0.25) is 0 Å². The Bertz CT molecular complexity index is 520. The van der Waals surface area contributed by atoms with Crippen LogP contribution in [0.2, 0.25) is 0 Å². The average molecular weight is 289 g/mol. The molecular formula is C16H19NO4. The standard InChI is InChI=1S/C16H19NO4/c18-15(19)14(13-7-11-6-12(11)8-13)17-16(20)21-9-10-4-2-1-3-5-10/h1-5,11-14H,6-9H2,(H,17,20)(H,18,19)/t11-,12+,13?,14-/m0/s1. The molecule has 4 atom stereocenters. The van der Waals surface area contributed by atoms with Gasteiger partial charge in [-0.15, -0.1) is 0 Å². The number of rotatable bonds is 5. The van der Waals surface area contributed by atoms with Crippen molar-refractivity contribution in [3.63, 3.8) is 0 Å². The molecule has 5 nitrogen and oxygen atoms in total. The molecule has 0 aliphatic heterocycles. The SMILES string of the molecule is O=C(N[C@H](C(=O)O)C1C[C@@H]2C[C@@H]2C1)OCc1ccccc1. The van der Waals surface area contributed by atoms with E-state index in [-0.39, 0.29) is 12.5 Å². The Balaban J connectivity index is 1.50. The number of alkyl carbamates (subject to hydrolysis) is 1. The van der Waals surface area contributed by atoms with Crippen LogP contribution in [-0.4, -0.2) is 23.2 Å². The van der Waals surface area contributed by atoms with Crippen molar-refractivity contribution in [2.24, 2.45) is 17.8 Å². The Morgan fingerprint density at radius 1 is 1.19 bits per heavy atom. The van der Waals surface area contributed by atoms with Crippen LogP contribution in [0.5, 0.6) is 0 Å². The molecule has 1 amide bonds. The summed E-state index contributed by atoms with van der Waals surface area (Å²) in [5.41, 5.74) is 0.877. The zero-order chi connectivity index (χ0) is 14.8. The van der Waals surface area contributed by atoms with Crippen molar-refractivity contribution >= 4 is 12.1 Å². The molecule has 2 saturated carbocycles. The summed E-state index contributed by atoms with van der Waals surface area (Å²) in [7, 11) is 0. The molecule has 0 radical (unpaired) electrons. The van der Waals surface area contributed by atoms with Gasteiger partial charge in [0.1, 0.15) is 12.6 Å². The summed E-state index contributed by atoms with van der Waals surface area (Å²) in [4.78, 5) is 23.1. The lowest BCUT2D eigenvalue weighted by molar-refractivity contribution is -0.140. The number of aliphatic carboxylic acids is 1. The Kier molecular flexibility index (Phi) is 3.82. The van der Waals surface area contributed by atoms with E-state index in [1.165, 1.54) is 6.42 Å². The van der Waals surface area contributed by atoms with Gasteiger partial charge in [-0.2, -0.15) is 0 Å². The van der Waals surface area contributed by atoms with Crippen molar-refractivity contribution < 1.29 is 19.4 Å². The number of nitrogens with one attached hydrogen (secondary N) is 1. The van der Waals surface area contributed by atoms with Gasteiger partial charge in [-0.05, 0) is 42.6 Å². The normalized spacial score (nSPS) is 27.5. The number of benzene rings is 1. The van der Waals surface area contributed by atoms with Crippen LogP contribution < -0.4 is 5.32 Å². The molecule has 3 rings (SSSR count). The first-order chi connectivity index (χ1) is 10.1. The molecule has 1 aromatic rings. The lowest BCUT2D eigenvalue weighted by atomic mass is 9.94. The number of fused-ring (bicyclic) bond motifs is 1. The van der Waals surface area contributed by atoms with Crippen molar-refractivity contribution in [3.05, 3.63) is 35.9 Å². The highest BCUT2D eigenvalue weighted by Crippen LogP contribution is 2.55. The summed E-state index contributed by atoms with van der Waals surface area (Å²) in [6.45, 7) is 0.148. The number of hydrogen-bond acceptors (Lipinski definition) is 3. The summed E-state index contributed by atoms with van der Waals surface area (Å²) in [6.07, 6.45) is 2.37. The summed E-state index contributed by atoms with van der Waals surface area (Å²) in [5.74, 6) is 0.423. The van der Waals surface area contributed by atoms with Crippen LogP contribution in [0, 0.1) is 17.8 Å². The predicted molar refractivity (Wildman–Crippen MR) is 75.5 cm³/mol. The van der Waals surface area contributed by atoms with Crippen molar-refractivity contribution in [1.82, 2.24) is 5.32 Å². The van der Waals surface area contributed by atoms with Gasteiger partial charge in [-0.3, -0.25) is 0 Å². The molecule has 1 unspecified atom stereocenters. The topological polar surface area (TPSA) is 75.6 Å². The van der Waals surface area contributed by atoms with Crippen LogP contribution in [0.15, 0.2) is 30.3 Å². The molecule has 5 heteroatoms. The minimum atomic E-state index is -0.974. The van der Waals surface area contributed by atoms with Crippen LogP contribution in [0.3, 0.4) is 0 Å². The van der Waals surface area contributed by atoms with E-state index in [1.54, 1.807) is 0 Å². The van der Waals surface area contributed by atoms with Crippen LogP contribution >= 0.6 is 0 Å². The predicted octanol–water partition coefficient (Wildman–Crippen LogP) is 2.41. The lowest BCUT2D eigenvalue weighted by Gasteiger charge is -2.21. The van der Waals surface area contributed by atoms with Crippen molar-refractivity contribution in [1.29, 1.82) is 0 Å². The second-order valence-corrected chi connectivity index (χ2v) is 6.01. The van der Waals surface area contributed by atoms with Crippen molar-refractivity contribution in [3.8, 4) is 0 Å². The van der Waals surface area contributed by atoms with Crippen LogP contribution in [0.25, 0.3) is 0 Å². The van der Waals surface area contributed by atoms with E-state index in [4.69, 9.17) is 4.74 Å². The Morgan fingerprint density at radius 2 is 1.86 bits per heavy atom. The third kappa shape index (κ3) is 3.35. The van der Waals surface area contributed by atoms with Gasteiger partial charge >= 0.3 is 12.1 Å². The molecule has 112 valence electrons. The molecule has 2 aliphatic rings. The van der Waals surface area contributed by atoms with E-state index in [9.17, 15) is 14.7 Å². The summed E-state index contributed by atoms with van der Waals surface area (Å²) in [6, 6.07) is 8.48. The van der Waals surface area contributed by atoms with Crippen molar-refractivity contribution in [2.75, 3.05) is 0 Å². The smallest absolute Gasteiger partial charge is 0.408 e. The second-order valence-electron chi connectivity index (χ2n) is 6.01. The first kappa shape index (κ1) is 13.9. The molecule has 2 fully saturated rings. The fourth-order valence-corrected chi connectivity index (χ4v) is 3.31. The first-order valence-electron chi connectivity index (χ1n) is 7.33. The average Bonchev–Trinajstić information content (AvgIpc) is 3.09. The molecule has 2 N–H and O–H groups in total. The van der Waals surface area contributed by atoms with Gasteiger partial charge in [0.15, 0.2) is 0 Å². The third-order valence-electron chi connectivity index (χ3n) is 4.50. The first-order valence-corrected chi connectivity index (χ1v) is 7.33. The summed E-state index contributed by atoms with van der Waals surface area (Å²) in [5, 5.41) is 11.8. The maximum Gasteiger partial charge on any atom is 0.408 e. The molecule has 0 saturated heterocycles. The van der Waals surface area contributed by atoms with Crippen molar-refractivity contribution in [2.45, 2.75) is 31.9 Å². The molecule has 0 bridgehead atoms. The van der Waals surface area contributed by atoms with E-state index < -0.39 is 18.1 Å². The highest BCUT2D eigenvalue weighted by atomic mass is 16.5. The maximum atomic E-state index is 11.8. The summed E-state index contributed by atoms with van der Waals surface area (Å²) >= 11 is 0. The van der Waals surface area contributed by atoms with Gasteiger partial charge in [-0.25, -0.2) is 9.59 Å². The van der Waals surface area contributed by atoms with Crippen LogP contribution in [0.1, 0.15) is 24.8 Å². The molecule has 1 aromatic carbocycles. The number of carbonyl (C=O) groups is 2. The molecule has 21 heavy (non-hydrogen) atoms. The molecule has 0 spiro atoms. The lowest BCUT2D eigenvalue weighted by Crippen LogP contribution is -2.45. The Labute approximate surface area is 123 Å². The van der Waals surface area contributed by atoms with Crippen LogP contribution in [-0.2, 0) is 16.1 Å². The Hall–Kier alpha value is -2.04. The fraction of sp³-hybridized carbons (Fsp3) is 0.500. The van der Waals surface area contributed by atoms with Gasteiger partial charge in [0, 0.05) is 0 Å². The fourth-order valence-electron chi connectivity index (χ4n) is 3.31. The van der Waals surface area contributed by atoms with E-state index >= 15 is 0 Å².